The number of aliphatic hydroxyl groups is 1. The molecule has 2 rings (SSSR count). The van der Waals surface area contributed by atoms with E-state index in [2.05, 4.69) is 4.98 Å². The van der Waals surface area contributed by atoms with E-state index < -0.39 is 6.10 Å². The van der Waals surface area contributed by atoms with Crippen LogP contribution in [-0.4, -0.2) is 15.9 Å². The van der Waals surface area contributed by atoms with E-state index in [4.69, 9.17) is 11.6 Å². The highest BCUT2D eigenvalue weighted by molar-refractivity contribution is 6.30. The largest absolute Gasteiger partial charge is 0.383 e. The van der Waals surface area contributed by atoms with E-state index in [1.165, 1.54) is 0 Å². The number of halogens is 1. The Kier molecular flexibility index (Phi) is 3.60. The summed E-state index contributed by atoms with van der Waals surface area (Å²) in [5, 5.41) is 10.5. The quantitative estimate of drug-likeness (QED) is 0.823. The highest BCUT2D eigenvalue weighted by Crippen LogP contribution is 2.31. The van der Waals surface area contributed by atoms with E-state index in [0.717, 1.165) is 18.4 Å². The van der Waals surface area contributed by atoms with Crippen molar-refractivity contribution in [2.24, 2.45) is 0 Å². The molecule has 1 heterocycles. The number of allylic oxidation sites excluding steroid dienone is 1. The van der Waals surface area contributed by atoms with Gasteiger partial charge in [-0.2, -0.15) is 0 Å². The van der Waals surface area contributed by atoms with Gasteiger partial charge in [0.2, 0.25) is 0 Å². The summed E-state index contributed by atoms with van der Waals surface area (Å²) in [6.07, 6.45) is 4.66. The monoisotopic (exact) mass is 251 g/mol. The van der Waals surface area contributed by atoms with Crippen LogP contribution in [0.1, 0.15) is 36.5 Å². The number of carbonyl (C=O) groups is 1. The minimum atomic E-state index is -0.956. The molecule has 1 aliphatic rings. The van der Waals surface area contributed by atoms with E-state index in [0.29, 0.717) is 17.6 Å². The van der Waals surface area contributed by atoms with Crippen LogP contribution in [0.25, 0.3) is 0 Å². The number of ketones is 1. The summed E-state index contributed by atoms with van der Waals surface area (Å²) in [6.45, 7) is 1.87. The summed E-state index contributed by atoms with van der Waals surface area (Å²) in [4.78, 5) is 15.7. The van der Waals surface area contributed by atoms with Crippen LogP contribution < -0.4 is 0 Å². The molecule has 0 aliphatic heterocycles. The van der Waals surface area contributed by atoms with Crippen molar-refractivity contribution >= 4 is 17.4 Å². The maximum absolute atomic E-state index is 11.7. The highest BCUT2D eigenvalue weighted by Gasteiger charge is 2.24. The molecule has 4 heteroatoms. The standard InChI is InChI=1S/C13H14ClNO2/c1-8-6-10(13(14)15-7-8)12(17)9-4-2-3-5-11(9)16/h4,6-7,12,17H,2-3,5H2,1H3. The van der Waals surface area contributed by atoms with Crippen LogP contribution in [0.4, 0.5) is 0 Å². The molecule has 1 aliphatic carbocycles. The van der Waals surface area contributed by atoms with Gasteiger partial charge in [-0.25, -0.2) is 4.98 Å². The Morgan fingerprint density at radius 2 is 2.29 bits per heavy atom. The van der Waals surface area contributed by atoms with Gasteiger partial charge in [0.15, 0.2) is 5.78 Å². The second kappa shape index (κ2) is 4.98. The number of aryl methyl sites for hydroxylation is 1. The lowest BCUT2D eigenvalue weighted by molar-refractivity contribution is -0.117. The van der Waals surface area contributed by atoms with Gasteiger partial charge in [0.05, 0.1) is 0 Å². The van der Waals surface area contributed by atoms with Gasteiger partial charge in [0.25, 0.3) is 0 Å². The number of hydrogen-bond donors (Lipinski definition) is 1. The zero-order chi connectivity index (χ0) is 12.4. The first-order valence-electron chi connectivity index (χ1n) is 5.63. The van der Waals surface area contributed by atoms with Crippen molar-refractivity contribution in [3.05, 3.63) is 40.2 Å². The molecule has 1 aromatic heterocycles. The number of carbonyl (C=O) groups excluding carboxylic acids is 1. The first kappa shape index (κ1) is 12.3. The number of nitrogens with zero attached hydrogens (tertiary/aromatic N) is 1. The average Bonchev–Trinajstić information content (AvgIpc) is 2.32. The van der Waals surface area contributed by atoms with Crippen molar-refractivity contribution in [2.45, 2.75) is 32.3 Å². The predicted molar refractivity (Wildman–Crippen MR) is 65.9 cm³/mol. The fourth-order valence-electron chi connectivity index (χ4n) is 1.98. The Morgan fingerprint density at radius 3 is 3.00 bits per heavy atom. The zero-order valence-electron chi connectivity index (χ0n) is 9.61. The van der Waals surface area contributed by atoms with Crippen molar-refractivity contribution in [1.82, 2.24) is 4.98 Å². The fourth-order valence-corrected chi connectivity index (χ4v) is 2.18. The van der Waals surface area contributed by atoms with Crippen LogP contribution >= 0.6 is 11.6 Å². The molecular formula is C13H14ClNO2. The number of Topliss-reactive ketones (excluding diaryl/α,β-unsaturated/α-hetero) is 1. The average molecular weight is 252 g/mol. The Morgan fingerprint density at radius 1 is 1.53 bits per heavy atom. The summed E-state index contributed by atoms with van der Waals surface area (Å²) in [5.74, 6) is 0.00122. The third-order valence-corrected chi connectivity index (χ3v) is 3.20. The fraction of sp³-hybridized carbons (Fsp3) is 0.385. The molecule has 17 heavy (non-hydrogen) atoms. The van der Waals surface area contributed by atoms with E-state index in [1.54, 1.807) is 18.3 Å². The summed E-state index contributed by atoms with van der Waals surface area (Å²) in [6, 6.07) is 1.77. The second-order valence-electron chi connectivity index (χ2n) is 4.27. The molecule has 0 saturated carbocycles. The molecule has 0 spiro atoms. The first-order valence-corrected chi connectivity index (χ1v) is 6.00. The van der Waals surface area contributed by atoms with Crippen LogP contribution in [0.3, 0.4) is 0 Å². The number of aliphatic hydroxyl groups excluding tert-OH is 1. The predicted octanol–water partition coefficient (Wildman–Crippen LogP) is 2.76. The molecule has 0 amide bonds. The normalized spacial score (nSPS) is 17.8. The van der Waals surface area contributed by atoms with Crippen LogP contribution in [0.5, 0.6) is 0 Å². The van der Waals surface area contributed by atoms with E-state index in [1.807, 2.05) is 6.92 Å². The van der Waals surface area contributed by atoms with Crippen molar-refractivity contribution in [3.8, 4) is 0 Å². The Labute approximate surface area is 105 Å². The van der Waals surface area contributed by atoms with Gasteiger partial charge in [-0.3, -0.25) is 4.79 Å². The third-order valence-electron chi connectivity index (χ3n) is 2.89. The smallest absolute Gasteiger partial charge is 0.161 e. The van der Waals surface area contributed by atoms with Gasteiger partial charge in [0.1, 0.15) is 11.3 Å². The van der Waals surface area contributed by atoms with Crippen LogP contribution in [0.15, 0.2) is 23.9 Å². The molecule has 0 saturated heterocycles. The van der Waals surface area contributed by atoms with Crippen LogP contribution in [-0.2, 0) is 4.79 Å². The summed E-state index contributed by atoms with van der Waals surface area (Å²) in [7, 11) is 0. The SMILES string of the molecule is Cc1cnc(Cl)c(C(O)C2=CCCCC2=O)c1. The molecule has 1 unspecified atom stereocenters. The lowest BCUT2D eigenvalue weighted by Crippen LogP contribution is -2.15. The van der Waals surface area contributed by atoms with E-state index in [9.17, 15) is 9.90 Å². The van der Waals surface area contributed by atoms with E-state index >= 15 is 0 Å². The zero-order valence-corrected chi connectivity index (χ0v) is 10.4. The van der Waals surface area contributed by atoms with Crippen molar-refractivity contribution in [3.63, 3.8) is 0 Å². The number of pyridine rings is 1. The van der Waals surface area contributed by atoms with Crippen molar-refractivity contribution < 1.29 is 9.90 Å². The maximum Gasteiger partial charge on any atom is 0.161 e. The molecule has 1 N–H and O–H groups in total. The molecule has 90 valence electrons. The third kappa shape index (κ3) is 2.56. The molecule has 1 aromatic rings. The molecule has 0 radical (unpaired) electrons. The Balaban J connectivity index is 2.36. The minimum Gasteiger partial charge on any atom is -0.383 e. The molecule has 3 nitrogen and oxygen atoms in total. The summed E-state index contributed by atoms with van der Waals surface area (Å²) < 4.78 is 0. The lowest BCUT2D eigenvalue weighted by atomic mass is 9.91. The van der Waals surface area contributed by atoms with Gasteiger partial charge < -0.3 is 5.11 Å². The highest BCUT2D eigenvalue weighted by atomic mass is 35.5. The lowest BCUT2D eigenvalue weighted by Gasteiger charge is -2.18. The van der Waals surface area contributed by atoms with Gasteiger partial charge in [-0.05, 0) is 31.4 Å². The van der Waals surface area contributed by atoms with E-state index in [-0.39, 0.29) is 10.9 Å². The Bertz CT molecular complexity index is 482. The Hall–Kier alpha value is -1.19. The number of hydrogen-bond acceptors (Lipinski definition) is 3. The van der Waals surface area contributed by atoms with Gasteiger partial charge in [0, 0.05) is 23.8 Å². The van der Waals surface area contributed by atoms with Crippen LogP contribution in [0.2, 0.25) is 5.15 Å². The summed E-state index contributed by atoms with van der Waals surface area (Å²) >= 11 is 5.95. The van der Waals surface area contributed by atoms with Crippen molar-refractivity contribution in [2.75, 3.05) is 0 Å². The number of aromatic nitrogens is 1. The van der Waals surface area contributed by atoms with Gasteiger partial charge in [-0.1, -0.05) is 17.7 Å². The number of rotatable bonds is 2. The second-order valence-corrected chi connectivity index (χ2v) is 4.63. The summed E-state index contributed by atoms with van der Waals surface area (Å²) in [5.41, 5.74) is 1.87. The molecule has 0 bridgehead atoms. The van der Waals surface area contributed by atoms with Crippen molar-refractivity contribution in [1.29, 1.82) is 0 Å². The first-order chi connectivity index (χ1) is 8.09. The topological polar surface area (TPSA) is 50.2 Å². The maximum atomic E-state index is 11.7. The van der Waals surface area contributed by atoms with Gasteiger partial charge in [-0.15, -0.1) is 0 Å². The molecule has 1 atom stereocenters. The van der Waals surface area contributed by atoms with Gasteiger partial charge >= 0.3 is 0 Å². The molecule has 0 fully saturated rings. The minimum absolute atomic E-state index is 0.00122. The molecular weight excluding hydrogens is 238 g/mol. The molecule has 0 aromatic carbocycles. The van der Waals surface area contributed by atoms with Crippen LogP contribution in [0, 0.1) is 6.92 Å².